The van der Waals surface area contributed by atoms with E-state index in [1.165, 1.54) is 11.3 Å². The topological polar surface area (TPSA) is 12.0 Å². The van der Waals surface area contributed by atoms with Crippen LogP contribution < -0.4 is 5.32 Å². The normalized spacial score (nSPS) is 12.7. The lowest BCUT2D eigenvalue weighted by atomic mass is 10.0. The maximum Gasteiger partial charge on any atom is 0.194 e. The van der Waals surface area contributed by atoms with Gasteiger partial charge in [0.2, 0.25) is 0 Å². The number of hydrogen-bond acceptors (Lipinski definition) is 2. The third-order valence-electron chi connectivity index (χ3n) is 2.50. The van der Waals surface area contributed by atoms with Crippen LogP contribution in [0.4, 0.5) is 13.2 Å². The molecule has 1 nitrogen and oxygen atoms in total. The minimum Gasteiger partial charge on any atom is -0.309 e. The molecule has 0 bridgehead atoms. The SMILES string of the molecule is CNC(c1ccsc1)c1cc(F)c(F)c(F)c1. The molecule has 0 fully saturated rings. The van der Waals surface area contributed by atoms with Gasteiger partial charge in [-0.1, -0.05) is 0 Å². The van der Waals surface area contributed by atoms with E-state index in [1.807, 2.05) is 16.8 Å². The van der Waals surface area contributed by atoms with Crippen LogP contribution in [0.1, 0.15) is 17.2 Å². The molecule has 90 valence electrons. The van der Waals surface area contributed by atoms with Gasteiger partial charge in [-0.25, -0.2) is 13.2 Å². The van der Waals surface area contributed by atoms with Gasteiger partial charge in [-0.2, -0.15) is 11.3 Å². The smallest absolute Gasteiger partial charge is 0.194 e. The number of benzene rings is 1. The van der Waals surface area contributed by atoms with E-state index in [9.17, 15) is 13.2 Å². The molecule has 1 atom stereocenters. The Kier molecular flexibility index (Phi) is 3.49. The second-order valence-electron chi connectivity index (χ2n) is 3.58. The van der Waals surface area contributed by atoms with Gasteiger partial charge in [0.05, 0.1) is 6.04 Å². The summed E-state index contributed by atoms with van der Waals surface area (Å²) in [6.45, 7) is 0. The van der Waals surface area contributed by atoms with Gasteiger partial charge in [-0.15, -0.1) is 0 Å². The summed E-state index contributed by atoms with van der Waals surface area (Å²) in [4.78, 5) is 0. The number of rotatable bonds is 3. The number of thiophene rings is 1. The average Bonchev–Trinajstić information content (AvgIpc) is 2.80. The lowest BCUT2D eigenvalue weighted by Crippen LogP contribution is -2.17. The van der Waals surface area contributed by atoms with Crippen LogP contribution in [0.5, 0.6) is 0 Å². The Morgan fingerprint density at radius 3 is 2.24 bits per heavy atom. The van der Waals surface area contributed by atoms with Crippen molar-refractivity contribution in [1.29, 1.82) is 0 Å². The third kappa shape index (κ3) is 2.35. The first-order valence-corrected chi connectivity index (χ1v) is 5.91. The summed E-state index contributed by atoms with van der Waals surface area (Å²) < 4.78 is 39.1. The van der Waals surface area contributed by atoms with Crippen molar-refractivity contribution in [3.8, 4) is 0 Å². The highest BCUT2D eigenvalue weighted by Gasteiger charge is 2.17. The molecule has 5 heteroatoms. The van der Waals surface area contributed by atoms with Gasteiger partial charge in [-0.3, -0.25) is 0 Å². The molecule has 17 heavy (non-hydrogen) atoms. The van der Waals surface area contributed by atoms with Crippen LogP contribution in [-0.2, 0) is 0 Å². The van der Waals surface area contributed by atoms with Crippen LogP contribution in [0.3, 0.4) is 0 Å². The van der Waals surface area contributed by atoms with Gasteiger partial charge in [-0.05, 0) is 47.1 Å². The molecule has 2 rings (SSSR count). The molecule has 1 N–H and O–H groups in total. The maximum absolute atomic E-state index is 13.1. The fourth-order valence-corrected chi connectivity index (χ4v) is 2.39. The first-order valence-electron chi connectivity index (χ1n) is 4.97. The molecule has 2 aromatic rings. The highest BCUT2D eigenvalue weighted by Crippen LogP contribution is 2.26. The average molecular weight is 257 g/mol. The number of halogens is 3. The Morgan fingerprint density at radius 1 is 1.12 bits per heavy atom. The summed E-state index contributed by atoms with van der Waals surface area (Å²) in [7, 11) is 1.68. The molecule has 0 saturated heterocycles. The van der Waals surface area contributed by atoms with Crippen molar-refractivity contribution in [3.63, 3.8) is 0 Å². The largest absolute Gasteiger partial charge is 0.309 e. The van der Waals surface area contributed by atoms with E-state index in [0.717, 1.165) is 17.7 Å². The van der Waals surface area contributed by atoms with Crippen LogP contribution >= 0.6 is 11.3 Å². The molecule has 1 aromatic heterocycles. The molecule has 1 heterocycles. The Morgan fingerprint density at radius 2 is 1.76 bits per heavy atom. The van der Waals surface area contributed by atoms with E-state index in [0.29, 0.717) is 5.56 Å². The van der Waals surface area contributed by atoms with Crippen molar-refractivity contribution in [1.82, 2.24) is 5.32 Å². The highest BCUT2D eigenvalue weighted by molar-refractivity contribution is 7.08. The van der Waals surface area contributed by atoms with E-state index in [4.69, 9.17) is 0 Å². The number of nitrogens with one attached hydrogen (secondary N) is 1. The molecule has 0 aliphatic rings. The van der Waals surface area contributed by atoms with Gasteiger partial charge >= 0.3 is 0 Å². The molecule has 1 aromatic carbocycles. The van der Waals surface area contributed by atoms with Gasteiger partial charge in [0, 0.05) is 0 Å². The second-order valence-corrected chi connectivity index (χ2v) is 4.36. The lowest BCUT2D eigenvalue weighted by Gasteiger charge is -2.15. The monoisotopic (exact) mass is 257 g/mol. The third-order valence-corrected chi connectivity index (χ3v) is 3.21. The Bertz CT molecular complexity index is 487. The van der Waals surface area contributed by atoms with Crippen LogP contribution in [0.25, 0.3) is 0 Å². The Balaban J connectivity index is 2.45. The first kappa shape index (κ1) is 12.1. The summed E-state index contributed by atoms with van der Waals surface area (Å²) in [5.74, 6) is -3.78. The summed E-state index contributed by atoms with van der Waals surface area (Å²) >= 11 is 1.49. The standard InChI is InChI=1S/C12H10F3NS/c1-16-12(7-2-3-17-6-7)8-4-9(13)11(15)10(14)5-8/h2-6,12,16H,1H3. The lowest BCUT2D eigenvalue weighted by molar-refractivity contribution is 0.443. The van der Waals surface area contributed by atoms with E-state index < -0.39 is 17.5 Å². The maximum atomic E-state index is 13.1. The summed E-state index contributed by atoms with van der Waals surface area (Å²) in [5, 5.41) is 6.69. The molecule has 0 aliphatic heterocycles. The molecule has 0 saturated carbocycles. The molecular weight excluding hydrogens is 247 g/mol. The molecule has 0 spiro atoms. The number of hydrogen-bond donors (Lipinski definition) is 1. The summed E-state index contributed by atoms with van der Waals surface area (Å²) in [5.41, 5.74) is 1.25. The van der Waals surface area contributed by atoms with E-state index >= 15 is 0 Å². The fraction of sp³-hybridized carbons (Fsp3) is 0.167. The van der Waals surface area contributed by atoms with Crippen molar-refractivity contribution in [2.45, 2.75) is 6.04 Å². The van der Waals surface area contributed by atoms with E-state index in [2.05, 4.69) is 5.32 Å². The van der Waals surface area contributed by atoms with Crippen LogP contribution in [0.15, 0.2) is 29.0 Å². The minimum absolute atomic E-state index is 0.342. The fourth-order valence-electron chi connectivity index (χ4n) is 1.71. The van der Waals surface area contributed by atoms with Gasteiger partial charge in [0.25, 0.3) is 0 Å². The molecule has 0 aliphatic carbocycles. The van der Waals surface area contributed by atoms with Crippen LogP contribution in [0, 0.1) is 17.5 Å². The van der Waals surface area contributed by atoms with Crippen molar-refractivity contribution in [2.75, 3.05) is 7.05 Å². The molecule has 1 unspecified atom stereocenters. The van der Waals surface area contributed by atoms with Crippen molar-refractivity contribution >= 4 is 11.3 Å². The minimum atomic E-state index is -1.44. The van der Waals surface area contributed by atoms with Crippen molar-refractivity contribution in [2.24, 2.45) is 0 Å². The predicted molar refractivity (Wildman–Crippen MR) is 61.5 cm³/mol. The molecule has 0 radical (unpaired) electrons. The zero-order chi connectivity index (χ0) is 12.4. The van der Waals surface area contributed by atoms with Crippen LogP contribution in [0.2, 0.25) is 0 Å². The van der Waals surface area contributed by atoms with Crippen LogP contribution in [-0.4, -0.2) is 7.05 Å². The first-order chi connectivity index (χ1) is 8.13. The van der Waals surface area contributed by atoms with Gasteiger partial charge < -0.3 is 5.32 Å². The summed E-state index contributed by atoms with van der Waals surface area (Å²) in [6, 6.07) is 3.53. The zero-order valence-electron chi connectivity index (χ0n) is 9.01. The quantitative estimate of drug-likeness (QED) is 0.830. The van der Waals surface area contributed by atoms with Crippen molar-refractivity contribution < 1.29 is 13.2 Å². The van der Waals surface area contributed by atoms with E-state index in [1.54, 1.807) is 7.05 Å². The van der Waals surface area contributed by atoms with Gasteiger partial charge in [0.1, 0.15) is 0 Å². The second kappa shape index (κ2) is 4.89. The Labute approximate surface area is 101 Å². The van der Waals surface area contributed by atoms with E-state index in [-0.39, 0.29) is 6.04 Å². The molecule has 0 amide bonds. The molecular formula is C12H10F3NS. The highest BCUT2D eigenvalue weighted by atomic mass is 32.1. The van der Waals surface area contributed by atoms with Crippen molar-refractivity contribution in [3.05, 3.63) is 57.5 Å². The predicted octanol–water partition coefficient (Wildman–Crippen LogP) is 3.47. The summed E-state index contributed by atoms with van der Waals surface area (Å²) in [6.07, 6.45) is 0. The van der Waals surface area contributed by atoms with Gasteiger partial charge in [0.15, 0.2) is 17.5 Å². The zero-order valence-corrected chi connectivity index (χ0v) is 9.82. The Hall–Kier alpha value is -1.33.